The Hall–Kier alpha value is -2.80. The standard InChI is InChI=1S/C24H29N3O3S.C2H6/c1-3-30-21(28)13-15-27(17-18-7-5-4-6-8-18)22(29)19-9-11-20(12-10-19)24(2)14-16-31-23(25)26-24;1-2/h4-12H,3,13-17H2,1-2H3,(H2,25,26);1-2H3. The number of esters is 1. The molecule has 1 heterocycles. The molecule has 3 rings (SSSR count). The van der Waals surface area contributed by atoms with E-state index in [0.717, 1.165) is 23.3 Å². The predicted octanol–water partition coefficient (Wildman–Crippen LogP) is 4.98. The summed E-state index contributed by atoms with van der Waals surface area (Å²) in [6, 6.07) is 17.3. The minimum atomic E-state index is -0.370. The molecule has 1 aliphatic heterocycles. The third kappa shape index (κ3) is 7.63. The zero-order valence-electron chi connectivity index (χ0n) is 20.0. The predicted molar refractivity (Wildman–Crippen MR) is 136 cm³/mol. The molecule has 1 amide bonds. The van der Waals surface area contributed by atoms with E-state index in [9.17, 15) is 9.59 Å². The molecule has 1 unspecified atom stereocenters. The van der Waals surface area contributed by atoms with Crippen LogP contribution in [0.4, 0.5) is 0 Å². The van der Waals surface area contributed by atoms with E-state index in [2.05, 4.69) is 11.9 Å². The molecule has 0 saturated carbocycles. The van der Waals surface area contributed by atoms with Crippen LogP contribution in [0, 0.1) is 0 Å². The summed E-state index contributed by atoms with van der Waals surface area (Å²) in [5.41, 5.74) is 8.18. The lowest BCUT2D eigenvalue weighted by atomic mass is 9.89. The molecule has 1 atom stereocenters. The Kier molecular flexibility index (Phi) is 10.5. The van der Waals surface area contributed by atoms with E-state index < -0.39 is 0 Å². The number of amides is 1. The van der Waals surface area contributed by atoms with Gasteiger partial charge in [-0.15, -0.1) is 0 Å². The van der Waals surface area contributed by atoms with Crippen molar-refractivity contribution in [3.63, 3.8) is 0 Å². The molecule has 0 saturated heterocycles. The Balaban J connectivity index is 0.00000187. The highest BCUT2D eigenvalue weighted by Crippen LogP contribution is 2.35. The molecule has 1 aliphatic rings. The van der Waals surface area contributed by atoms with E-state index >= 15 is 0 Å². The molecule has 0 radical (unpaired) electrons. The maximum absolute atomic E-state index is 13.3. The van der Waals surface area contributed by atoms with Crippen LogP contribution in [0.1, 0.15) is 62.0 Å². The van der Waals surface area contributed by atoms with Crippen molar-refractivity contribution in [3.05, 3.63) is 71.3 Å². The Labute approximate surface area is 201 Å². The van der Waals surface area contributed by atoms with Crippen LogP contribution >= 0.6 is 11.8 Å². The van der Waals surface area contributed by atoms with Gasteiger partial charge >= 0.3 is 5.97 Å². The van der Waals surface area contributed by atoms with Gasteiger partial charge in [-0.05, 0) is 43.5 Å². The minimum Gasteiger partial charge on any atom is -0.466 e. The Bertz CT molecular complexity index is 932. The van der Waals surface area contributed by atoms with E-state index in [-0.39, 0.29) is 23.8 Å². The van der Waals surface area contributed by atoms with Gasteiger partial charge in [-0.3, -0.25) is 14.6 Å². The Morgan fingerprint density at radius 3 is 2.39 bits per heavy atom. The number of nitrogens with zero attached hydrogens (tertiary/aromatic N) is 2. The van der Waals surface area contributed by atoms with Crippen molar-refractivity contribution < 1.29 is 14.3 Å². The number of carbonyl (C=O) groups is 2. The van der Waals surface area contributed by atoms with Crippen molar-refractivity contribution >= 4 is 28.8 Å². The van der Waals surface area contributed by atoms with E-state index in [1.165, 1.54) is 0 Å². The second kappa shape index (κ2) is 13.0. The average molecular weight is 470 g/mol. The first-order valence-corrected chi connectivity index (χ1v) is 12.5. The van der Waals surface area contributed by atoms with Crippen molar-refractivity contribution in [1.82, 2.24) is 4.90 Å². The van der Waals surface area contributed by atoms with Crippen molar-refractivity contribution in [3.8, 4) is 0 Å². The van der Waals surface area contributed by atoms with Gasteiger partial charge in [0.25, 0.3) is 5.91 Å². The van der Waals surface area contributed by atoms with Crippen LogP contribution in [0.5, 0.6) is 0 Å². The first-order valence-electron chi connectivity index (χ1n) is 11.5. The highest BCUT2D eigenvalue weighted by Gasteiger charge is 2.29. The van der Waals surface area contributed by atoms with E-state index in [1.807, 2.05) is 68.4 Å². The summed E-state index contributed by atoms with van der Waals surface area (Å²) in [5, 5.41) is 0.599. The van der Waals surface area contributed by atoms with Gasteiger partial charge in [-0.1, -0.05) is 68.1 Å². The Morgan fingerprint density at radius 2 is 1.79 bits per heavy atom. The van der Waals surface area contributed by atoms with E-state index in [1.54, 1.807) is 23.6 Å². The number of hydrogen-bond donors (Lipinski definition) is 1. The molecule has 0 bridgehead atoms. The highest BCUT2D eigenvalue weighted by molar-refractivity contribution is 8.13. The molecule has 6 nitrogen and oxygen atoms in total. The molecule has 178 valence electrons. The largest absolute Gasteiger partial charge is 0.466 e. The molecule has 2 N–H and O–H groups in total. The average Bonchev–Trinajstić information content (AvgIpc) is 2.83. The topological polar surface area (TPSA) is 85.0 Å². The van der Waals surface area contributed by atoms with E-state index in [4.69, 9.17) is 10.5 Å². The van der Waals surface area contributed by atoms with Crippen LogP contribution in [0.3, 0.4) is 0 Å². The number of benzene rings is 2. The quantitative estimate of drug-likeness (QED) is 0.552. The maximum atomic E-state index is 13.3. The number of aliphatic imine (C=N–C) groups is 1. The molecule has 2 aromatic carbocycles. The first-order chi connectivity index (χ1) is 15.9. The van der Waals surface area contributed by atoms with Crippen LogP contribution < -0.4 is 5.73 Å². The number of nitrogens with two attached hydrogens (primary N) is 1. The summed E-state index contributed by atoms with van der Waals surface area (Å²) < 4.78 is 5.03. The summed E-state index contributed by atoms with van der Waals surface area (Å²) in [4.78, 5) is 31.4. The van der Waals surface area contributed by atoms with Crippen molar-refractivity contribution in [2.45, 2.75) is 52.6 Å². The maximum Gasteiger partial charge on any atom is 0.307 e. The second-order valence-electron chi connectivity index (χ2n) is 7.67. The number of ether oxygens (including phenoxy) is 1. The van der Waals surface area contributed by atoms with Gasteiger partial charge in [0.15, 0.2) is 5.17 Å². The third-order valence-electron chi connectivity index (χ3n) is 5.34. The fourth-order valence-corrected chi connectivity index (χ4v) is 4.54. The number of amidine groups is 1. The van der Waals surface area contributed by atoms with Gasteiger partial charge < -0.3 is 15.4 Å². The lowest BCUT2D eigenvalue weighted by Crippen LogP contribution is -2.33. The molecule has 7 heteroatoms. The van der Waals surface area contributed by atoms with Gasteiger partial charge in [-0.2, -0.15) is 0 Å². The molecule has 33 heavy (non-hydrogen) atoms. The monoisotopic (exact) mass is 469 g/mol. The fourth-order valence-electron chi connectivity index (χ4n) is 3.56. The number of hydrogen-bond acceptors (Lipinski definition) is 6. The lowest BCUT2D eigenvalue weighted by Gasteiger charge is -2.30. The number of thioether (sulfide) groups is 1. The second-order valence-corrected chi connectivity index (χ2v) is 8.78. The fraction of sp³-hybridized carbons (Fsp3) is 0.423. The van der Waals surface area contributed by atoms with Gasteiger partial charge in [0.2, 0.25) is 0 Å². The van der Waals surface area contributed by atoms with Gasteiger partial charge in [0, 0.05) is 24.4 Å². The normalized spacial score (nSPS) is 17.3. The minimum absolute atomic E-state index is 0.118. The molecule has 2 aromatic rings. The molecular weight excluding hydrogens is 434 g/mol. The highest BCUT2D eigenvalue weighted by atomic mass is 32.2. The summed E-state index contributed by atoms with van der Waals surface area (Å²) in [5.74, 6) is 0.500. The molecule has 0 fully saturated rings. The van der Waals surface area contributed by atoms with Crippen molar-refractivity contribution in [2.24, 2.45) is 10.7 Å². The Morgan fingerprint density at radius 1 is 1.12 bits per heavy atom. The van der Waals surface area contributed by atoms with Crippen LogP contribution in [-0.2, 0) is 21.6 Å². The van der Waals surface area contributed by atoms with Gasteiger partial charge in [0.05, 0.1) is 18.6 Å². The van der Waals surface area contributed by atoms with Crippen LogP contribution in [-0.4, -0.2) is 40.8 Å². The molecule has 0 aromatic heterocycles. The zero-order valence-corrected chi connectivity index (χ0v) is 20.9. The third-order valence-corrected chi connectivity index (χ3v) is 6.14. The SMILES string of the molecule is CC.CCOC(=O)CCN(Cc1ccccc1)C(=O)c1ccc(C2(C)CCSC(N)=N2)cc1. The smallest absolute Gasteiger partial charge is 0.307 e. The summed E-state index contributed by atoms with van der Waals surface area (Å²) in [7, 11) is 0. The summed E-state index contributed by atoms with van der Waals surface area (Å²) in [6.07, 6.45) is 1.06. The molecule has 0 spiro atoms. The lowest BCUT2D eigenvalue weighted by molar-refractivity contribution is -0.143. The van der Waals surface area contributed by atoms with Crippen molar-refractivity contribution in [1.29, 1.82) is 0 Å². The zero-order chi connectivity index (χ0) is 24.3. The first kappa shape index (κ1) is 26.5. The summed E-state index contributed by atoms with van der Waals surface area (Å²) >= 11 is 1.57. The summed E-state index contributed by atoms with van der Waals surface area (Å²) in [6.45, 7) is 8.89. The number of carbonyl (C=O) groups excluding carboxylic acids is 2. The molecular formula is C26H35N3O3S. The van der Waals surface area contributed by atoms with Crippen LogP contribution in [0.15, 0.2) is 59.6 Å². The van der Waals surface area contributed by atoms with Crippen LogP contribution in [0.2, 0.25) is 0 Å². The van der Waals surface area contributed by atoms with Crippen molar-refractivity contribution in [2.75, 3.05) is 18.9 Å². The number of rotatable bonds is 8. The van der Waals surface area contributed by atoms with Gasteiger partial charge in [-0.25, -0.2) is 0 Å². The van der Waals surface area contributed by atoms with Gasteiger partial charge in [0.1, 0.15) is 0 Å². The van der Waals surface area contributed by atoms with E-state index in [0.29, 0.717) is 30.4 Å². The van der Waals surface area contributed by atoms with Crippen LogP contribution in [0.25, 0.3) is 0 Å². The molecule has 0 aliphatic carbocycles.